The second kappa shape index (κ2) is 2.91. The third-order valence-corrected chi connectivity index (χ3v) is 1.82. The third-order valence-electron chi connectivity index (χ3n) is 1.82. The Morgan fingerprint density at radius 2 is 2.00 bits per heavy atom. The number of pyridine rings is 1. The molecule has 2 nitrogen and oxygen atoms in total. The summed E-state index contributed by atoms with van der Waals surface area (Å²) in [6, 6.07) is 5.36. The smallest absolute Gasteiger partial charge is 0.250 e. The Morgan fingerprint density at radius 1 is 1.36 bits per heavy atom. The van der Waals surface area contributed by atoms with Gasteiger partial charge in [-0.3, -0.25) is 4.79 Å². The molecule has 0 aliphatic carbocycles. The van der Waals surface area contributed by atoms with Crippen molar-refractivity contribution in [2.75, 3.05) is 0 Å². The Hall–Kier alpha value is -1.05. The molecule has 11 heavy (non-hydrogen) atoms. The molecular weight excluding hydrogens is 138 g/mol. The van der Waals surface area contributed by atoms with Gasteiger partial charge in [-0.05, 0) is 12.0 Å². The van der Waals surface area contributed by atoms with Gasteiger partial charge in [0.1, 0.15) is 0 Å². The highest BCUT2D eigenvalue weighted by Gasteiger charge is 2.01. The van der Waals surface area contributed by atoms with Crippen LogP contribution in [0.25, 0.3) is 0 Å². The highest BCUT2D eigenvalue weighted by atomic mass is 16.1. The Bertz CT molecular complexity index is 299. The van der Waals surface area contributed by atoms with E-state index in [2.05, 4.69) is 13.8 Å². The van der Waals surface area contributed by atoms with Crippen molar-refractivity contribution in [3.8, 4) is 0 Å². The number of hydrogen-bond donors (Lipinski definition) is 0. The Balaban J connectivity index is 3.28. The second-order valence-electron chi connectivity index (χ2n) is 3.00. The minimum atomic E-state index is 0.0659. The van der Waals surface area contributed by atoms with E-state index in [1.807, 2.05) is 6.07 Å². The van der Waals surface area contributed by atoms with Gasteiger partial charge in [-0.25, -0.2) is 0 Å². The maximum Gasteiger partial charge on any atom is 0.250 e. The van der Waals surface area contributed by atoms with E-state index in [9.17, 15) is 4.79 Å². The first-order valence-electron chi connectivity index (χ1n) is 3.79. The van der Waals surface area contributed by atoms with E-state index >= 15 is 0 Å². The van der Waals surface area contributed by atoms with Gasteiger partial charge in [-0.15, -0.1) is 0 Å². The van der Waals surface area contributed by atoms with E-state index in [1.165, 1.54) is 0 Å². The fourth-order valence-corrected chi connectivity index (χ4v) is 1.16. The van der Waals surface area contributed by atoms with Crippen LogP contribution in [0.5, 0.6) is 0 Å². The van der Waals surface area contributed by atoms with Crippen molar-refractivity contribution in [3.05, 3.63) is 34.2 Å². The topological polar surface area (TPSA) is 22.0 Å². The lowest BCUT2D eigenvalue weighted by Crippen LogP contribution is -2.19. The minimum absolute atomic E-state index is 0.0659. The van der Waals surface area contributed by atoms with E-state index in [0.717, 1.165) is 5.69 Å². The molecule has 0 aliphatic heterocycles. The zero-order valence-corrected chi connectivity index (χ0v) is 7.16. The maximum atomic E-state index is 11.1. The molecule has 0 saturated carbocycles. The SMILES string of the molecule is CC(C)c1cccc(=O)n1C. The molecule has 1 rings (SSSR count). The summed E-state index contributed by atoms with van der Waals surface area (Å²) in [6.07, 6.45) is 0. The van der Waals surface area contributed by atoms with Crippen LogP contribution in [0.4, 0.5) is 0 Å². The summed E-state index contributed by atoms with van der Waals surface area (Å²) in [4.78, 5) is 11.1. The first-order chi connectivity index (χ1) is 5.13. The minimum Gasteiger partial charge on any atom is -0.315 e. The Labute approximate surface area is 66.5 Å². The van der Waals surface area contributed by atoms with Gasteiger partial charge in [0.2, 0.25) is 5.56 Å². The molecule has 0 spiro atoms. The van der Waals surface area contributed by atoms with Crippen LogP contribution in [0, 0.1) is 0 Å². The van der Waals surface area contributed by atoms with Crippen LogP contribution in [0.3, 0.4) is 0 Å². The molecule has 1 aromatic heterocycles. The molecule has 0 radical (unpaired) electrons. The molecule has 0 bridgehead atoms. The fourth-order valence-electron chi connectivity index (χ4n) is 1.16. The normalized spacial score (nSPS) is 10.5. The van der Waals surface area contributed by atoms with Crippen LogP contribution in [0.1, 0.15) is 25.5 Å². The van der Waals surface area contributed by atoms with Crippen molar-refractivity contribution < 1.29 is 0 Å². The lowest BCUT2D eigenvalue weighted by Gasteiger charge is -2.09. The summed E-state index contributed by atoms with van der Waals surface area (Å²) in [5, 5.41) is 0. The molecule has 0 aliphatic rings. The molecule has 1 heterocycles. The van der Waals surface area contributed by atoms with Gasteiger partial charge in [0.25, 0.3) is 0 Å². The van der Waals surface area contributed by atoms with Crippen molar-refractivity contribution in [2.45, 2.75) is 19.8 Å². The van der Waals surface area contributed by atoms with Crippen LogP contribution < -0.4 is 5.56 Å². The summed E-state index contributed by atoms with van der Waals surface area (Å²) < 4.78 is 1.69. The van der Waals surface area contributed by atoms with Crippen LogP contribution in [-0.2, 0) is 7.05 Å². The standard InChI is InChI=1S/C9H13NO/c1-7(2)8-5-4-6-9(11)10(8)3/h4-7H,1-3H3. The Kier molecular flexibility index (Phi) is 2.13. The van der Waals surface area contributed by atoms with Gasteiger partial charge in [0.15, 0.2) is 0 Å². The zero-order chi connectivity index (χ0) is 8.43. The van der Waals surface area contributed by atoms with Gasteiger partial charge >= 0.3 is 0 Å². The molecule has 0 fully saturated rings. The van der Waals surface area contributed by atoms with E-state index in [1.54, 1.807) is 23.7 Å². The summed E-state index contributed by atoms with van der Waals surface area (Å²) >= 11 is 0. The molecule has 0 atom stereocenters. The van der Waals surface area contributed by atoms with Gasteiger partial charge in [-0.2, -0.15) is 0 Å². The van der Waals surface area contributed by atoms with Gasteiger partial charge in [0, 0.05) is 18.8 Å². The number of rotatable bonds is 1. The van der Waals surface area contributed by atoms with Crippen LogP contribution in [0.2, 0.25) is 0 Å². The van der Waals surface area contributed by atoms with Crippen LogP contribution >= 0.6 is 0 Å². The molecular formula is C9H13NO. The largest absolute Gasteiger partial charge is 0.315 e. The lowest BCUT2D eigenvalue weighted by molar-refractivity contribution is 0.707. The second-order valence-corrected chi connectivity index (χ2v) is 3.00. The summed E-state index contributed by atoms with van der Waals surface area (Å²) in [6.45, 7) is 4.16. The van der Waals surface area contributed by atoms with E-state index < -0.39 is 0 Å². The summed E-state index contributed by atoms with van der Waals surface area (Å²) in [7, 11) is 1.80. The molecule has 0 amide bonds. The zero-order valence-electron chi connectivity index (χ0n) is 7.16. The van der Waals surface area contributed by atoms with Crippen molar-refractivity contribution in [2.24, 2.45) is 7.05 Å². The van der Waals surface area contributed by atoms with Crippen LogP contribution in [0.15, 0.2) is 23.0 Å². The average molecular weight is 151 g/mol. The molecule has 60 valence electrons. The summed E-state index contributed by atoms with van der Waals surface area (Å²) in [5.41, 5.74) is 1.15. The van der Waals surface area contributed by atoms with Crippen molar-refractivity contribution in [3.63, 3.8) is 0 Å². The quantitative estimate of drug-likeness (QED) is 0.596. The molecule has 2 heteroatoms. The maximum absolute atomic E-state index is 11.1. The van der Waals surface area contributed by atoms with E-state index in [0.29, 0.717) is 5.92 Å². The molecule has 0 saturated heterocycles. The molecule has 0 N–H and O–H groups in total. The van der Waals surface area contributed by atoms with E-state index in [4.69, 9.17) is 0 Å². The highest BCUT2D eigenvalue weighted by molar-refractivity contribution is 5.09. The predicted octanol–water partition coefficient (Wildman–Crippen LogP) is 1.51. The number of aromatic nitrogens is 1. The number of nitrogens with zero attached hydrogens (tertiary/aromatic N) is 1. The van der Waals surface area contributed by atoms with Crippen molar-refractivity contribution in [1.29, 1.82) is 0 Å². The predicted molar refractivity (Wildman–Crippen MR) is 45.8 cm³/mol. The molecule has 0 aromatic carbocycles. The first-order valence-corrected chi connectivity index (χ1v) is 3.79. The number of hydrogen-bond acceptors (Lipinski definition) is 1. The first kappa shape index (κ1) is 8.05. The molecule has 1 aromatic rings. The van der Waals surface area contributed by atoms with Gasteiger partial charge < -0.3 is 4.57 Å². The van der Waals surface area contributed by atoms with Crippen LogP contribution in [-0.4, -0.2) is 4.57 Å². The van der Waals surface area contributed by atoms with Gasteiger partial charge in [0.05, 0.1) is 0 Å². The monoisotopic (exact) mass is 151 g/mol. The molecule has 0 unspecified atom stereocenters. The third kappa shape index (κ3) is 1.50. The fraction of sp³-hybridized carbons (Fsp3) is 0.444. The average Bonchev–Trinajstić information content (AvgIpc) is 1.94. The van der Waals surface area contributed by atoms with Crippen molar-refractivity contribution >= 4 is 0 Å². The van der Waals surface area contributed by atoms with E-state index in [-0.39, 0.29) is 5.56 Å². The highest BCUT2D eigenvalue weighted by Crippen LogP contribution is 2.09. The van der Waals surface area contributed by atoms with Crippen molar-refractivity contribution in [1.82, 2.24) is 4.57 Å². The lowest BCUT2D eigenvalue weighted by atomic mass is 10.1. The van der Waals surface area contributed by atoms with Gasteiger partial charge in [-0.1, -0.05) is 19.9 Å². The summed E-state index contributed by atoms with van der Waals surface area (Å²) in [5.74, 6) is 0.411. The Morgan fingerprint density at radius 3 is 2.45 bits per heavy atom.